The van der Waals surface area contributed by atoms with E-state index in [0.717, 1.165) is 124 Å². The van der Waals surface area contributed by atoms with E-state index in [-0.39, 0.29) is 44.1 Å². The van der Waals surface area contributed by atoms with Crippen LogP contribution >= 0.6 is 0 Å². The zero-order valence-corrected chi connectivity index (χ0v) is 38.5. The molecule has 5 heteroatoms. The second-order valence-corrected chi connectivity index (χ2v) is 18.3. The minimum Gasteiger partial charge on any atom is -0.507 e. The molecule has 1 N–H and O–H groups in total. The van der Waals surface area contributed by atoms with Crippen LogP contribution in [0.5, 0.6) is 5.75 Å². The van der Waals surface area contributed by atoms with Crippen molar-refractivity contribution in [2.24, 2.45) is 11.8 Å². The van der Waals surface area contributed by atoms with E-state index in [9.17, 15) is 7.85 Å². The van der Waals surface area contributed by atoms with Crippen LogP contribution in [0.3, 0.4) is 0 Å². The Labute approximate surface area is 393 Å². The second kappa shape index (κ2) is 18.3. The summed E-state index contributed by atoms with van der Waals surface area (Å²) < 4.78 is 38.7. The Morgan fingerprint density at radius 3 is 2.00 bits per heavy atom. The number of para-hydroxylation sites is 2. The molecule has 63 heavy (non-hydrogen) atoms. The van der Waals surface area contributed by atoms with E-state index in [2.05, 4.69) is 79.9 Å². The maximum atomic E-state index is 11.5. The van der Waals surface area contributed by atoms with Gasteiger partial charge in [0.2, 0.25) is 0 Å². The molecule has 8 aromatic rings. The Bertz CT molecular complexity index is 3050. The van der Waals surface area contributed by atoms with E-state index in [4.69, 9.17) is 12.7 Å². The van der Waals surface area contributed by atoms with Gasteiger partial charge in [0.05, 0.1) is 22.3 Å². The molecule has 0 aliphatic heterocycles. The molecular formula is C58H56N3OPt-. The minimum atomic E-state index is -1.49. The summed E-state index contributed by atoms with van der Waals surface area (Å²) in [6.07, 6.45) is 6.95. The average Bonchev–Trinajstić information content (AvgIpc) is 4.15. The summed E-state index contributed by atoms with van der Waals surface area (Å²) in [5.41, 5.74) is 12.5. The summed E-state index contributed by atoms with van der Waals surface area (Å²) in [6, 6.07) is 49.9. The number of nitrogens with zero attached hydrogens (tertiary/aromatic N) is 3. The van der Waals surface area contributed by atoms with Crippen molar-refractivity contribution < 1.29 is 31.7 Å². The van der Waals surface area contributed by atoms with E-state index in [1.807, 2.05) is 91.1 Å². The van der Waals surface area contributed by atoms with Crippen LogP contribution in [0.15, 0.2) is 146 Å². The van der Waals surface area contributed by atoms with E-state index in [1.54, 1.807) is 6.07 Å². The van der Waals surface area contributed by atoms with Gasteiger partial charge in [-0.1, -0.05) is 174 Å². The zero-order chi connectivity index (χ0) is 45.8. The number of benzene rings is 6. The van der Waals surface area contributed by atoms with Gasteiger partial charge < -0.3 is 5.11 Å². The Kier molecular flexibility index (Phi) is 11.0. The van der Waals surface area contributed by atoms with Gasteiger partial charge in [0.1, 0.15) is 11.6 Å². The molecule has 0 saturated heterocycles. The predicted octanol–water partition coefficient (Wildman–Crippen LogP) is 15.0. The van der Waals surface area contributed by atoms with Gasteiger partial charge in [0.25, 0.3) is 0 Å². The summed E-state index contributed by atoms with van der Waals surface area (Å²) in [5, 5.41) is 11.5. The molecule has 10 rings (SSSR count). The number of phenols is 1. The third-order valence-electron chi connectivity index (χ3n) is 12.9. The number of aromatic nitrogens is 3. The maximum Gasteiger partial charge on any atom is 0.148 e. The fourth-order valence-corrected chi connectivity index (χ4v) is 9.49. The smallest absolute Gasteiger partial charge is 0.148 e. The van der Waals surface area contributed by atoms with Crippen molar-refractivity contribution in [3.05, 3.63) is 168 Å². The number of imidazole rings is 1. The summed E-state index contributed by atoms with van der Waals surface area (Å²) in [5.74, 6) is 0.715. The molecular weight excluding hydrogens is 950 g/mol. The largest absolute Gasteiger partial charge is 0.507 e. The first-order chi connectivity index (χ1) is 31.8. The monoisotopic (exact) mass is 1010 g/mol. The molecule has 2 heterocycles. The van der Waals surface area contributed by atoms with Crippen molar-refractivity contribution in [1.82, 2.24) is 14.5 Å². The van der Waals surface area contributed by atoms with E-state index in [1.165, 1.54) is 0 Å². The summed E-state index contributed by atoms with van der Waals surface area (Å²) >= 11 is 0. The molecule has 0 atom stereocenters. The van der Waals surface area contributed by atoms with Crippen molar-refractivity contribution in [3.63, 3.8) is 0 Å². The van der Waals surface area contributed by atoms with Crippen molar-refractivity contribution in [2.75, 3.05) is 0 Å². The van der Waals surface area contributed by atoms with Gasteiger partial charge in [-0.05, 0) is 94.2 Å². The molecule has 2 aliphatic carbocycles. The first-order valence-corrected chi connectivity index (χ1v) is 22.4. The van der Waals surface area contributed by atoms with Crippen LogP contribution < -0.4 is 0 Å². The summed E-state index contributed by atoms with van der Waals surface area (Å²) in [6.45, 7) is 6.63. The quantitative estimate of drug-likeness (QED) is 0.139. The molecule has 2 fully saturated rings. The van der Waals surface area contributed by atoms with Gasteiger partial charge in [-0.2, -0.15) is 0 Å². The molecule has 2 aliphatic rings. The number of fused-ring (bicyclic) bond motifs is 1. The Morgan fingerprint density at radius 2 is 1.29 bits per heavy atom. The van der Waals surface area contributed by atoms with Crippen LogP contribution in [0.25, 0.3) is 72.7 Å². The Hall–Kier alpha value is -5.57. The van der Waals surface area contributed by atoms with Gasteiger partial charge in [-0.15, -0.1) is 29.3 Å². The Balaban J connectivity index is 0.00000562. The number of hydrogen-bond acceptors (Lipinski definition) is 3. The number of aromatic hydroxyl groups is 1. The zero-order valence-electron chi connectivity index (χ0n) is 40.3. The fourth-order valence-electron chi connectivity index (χ4n) is 9.49. The summed E-state index contributed by atoms with van der Waals surface area (Å²) in [4.78, 5) is 10.3. The van der Waals surface area contributed by atoms with E-state index >= 15 is 0 Å². The molecule has 6 aromatic carbocycles. The van der Waals surface area contributed by atoms with Gasteiger partial charge >= 0.3 is 0 Å². The van der Waals surface area contributed by atoms with Crippen molar-refractivity contribution in [3.8, 4) is 67.5 Å². The minimum absolute atomic E-state index is 0. The molecule has 320 valence electrons. The molecule has 4 nitrogen and oxygen atoms in total. The van der Waals surface area contributed by atoms with Gasteiger partial charge in [-0.3, -0.25) is 9.55 Å². The first-order valence-electron chi connectivity index (χ1n) is 24.4. The normalized spacial score (nSPS) is 16.0. The predicted molar refractivity (Wildman–Crippen MR) is 257 cm³/mol. The number of hydrogen-bond donors (Lipinski definition) is 1. The number of pyridine rings is 1. The van der Waals surface area contributed by atoms with Crippen LogP contribution in [0.2, 0.25) is 0 Å². The topological polar surface area (TPSA) is 50.9 Å². The van der Waals surface area contributed by atoms with Crippen LogP contribution in [0.1, 0.15) is 94.3 Å². The van der Waals surface area contributed by atoms with Gasteiger partial charge in [0.15, 0.2) is 0 Å². The van der Waals surface area contributed by atoms with Crippen molar-refractivity contribution in [2.45, 2.75) is 90.3 Å². The average molecular weight is 1010 g/mol. The van der Waals surface area contributed by atoms with Crippen molar-refractivity contribution >= 4 is 11.0 Å². The second-order valence-electron chi connectivity index (χ2n) is 18.3. The van der Waals surface area contributed by atoms with Gasteiger partial charge in [0, 0.05) is 44.0 Å². The van der Waals surface area contributed by atoms with Crippen LogP contribution in [-0.2, 0) is 39.2 Å². The van der Waals surface area contributed by atoms with Crippen LogP contribution in [0.4, 0.5) is 0 Å². The third kappa shape index (κ3) is 8.98. The maximum absolute atomic E-state index is 11.5. The fraction of sp³-hybridized carbons (Fsp3) is 0.276. The first kappa shape index (κ1) is 37.9. The molecule has 2 aromatic heterocycles. The SMILES string of the molecule is [2H]C([2H])(c1ccc(-c2ccnc(-c3[c-]c(-c4cccc5c4nc(-c4ccccc4O)n5-c4ccc(C([2H])([2H])C5CCCC5)cc4-c4ccccc4)cc(C(C)(C)C)c3)c2)cc1)C1CCCC1.[Pt]. The molecule has 0 unspecified atom stereocenters. The van der Waals surface area contributed by atoms with Crippen LogP contribution in [0, 0.1) is 17.9 Å². The van der Waals surface area contributed by atoms with E-state index in [0.29, 0.717) is 17.0 Å². The van der Waals surface area contributed by atoms with E-state index < -0.39 is 12.7 Å². The standard InChI is InChI=1S/C58H56N3O.Pt/c1-58(2,3)48-36-46(35-47(37-48)52-38-45(30-31-59-52)43-27-24-41(25-28-43)32-39-14-7-8-15-39)49-21-13-22-54-56(49)60-57(50-20-11-12-23-55(50)62)61(54)53-29-26-42(33-40-16-9-10-17-40)34-51(53)44-18-5-4-6-19-44;/h4-6,11-13,18-31,34,36-40,62H,7-10,14-17,32-33H2,1-3H3;/q-1;/i32D2,33D2;. The molecule has 0 bridgehead atoms. The molecule has 2 saturated carbocycles. The molecule has 0 spiro atoms. The van der Waals surface area contributed by atoms with Crippen LogP contribution in [-0.4, -0.2) is 19.6 Å². The molecule has 0 radical (unpaired) electrons. The molecule has 0 amide bonds. The van der Waals surface area contributed by atoms with Crippen molar-refractivity contribution in [1.29, 1.82) is 0 Å². The number of rotatable bonds is 10. The summed E-state index contributed by atoms with van der Waals surface area (Å²) in [7, 11) is 0. The number of phenolic OH excluding ortho intramolecular Hbond substituents is 1. The Morgan fingerprint density at radius 1 is 0.635 bits per heavy atom. The third-order valence-corrected chi connectivity index (χ3v) is 12.9. The van der Waals surface area contributed by atoms with Gasteiger partial charge in [-0.25, -0.2) is 4.98 Å².